The van der Waals surface area contributed by atoms with Crippen LogP contribution in [0.1, 0.15) is 16.5 Å². The van der Waals surface area contributed by atoms with Crippen LogP contribution in [0.2, 0.25) is 0 Å². The third kappa shape index (κ3) is 3.32. The molecule has 0 spiro atoms. The SMILES string of the molecule is COc1cccc(OC)c1C1SCC(=O)N1Cc1ccc2ncccc2c1. The lowest BCUT2D eigenvalue weighted by molar-refractivity contribution is -0.128. The Hall–Kier alpha value is -2.73. The molecule has 4 rings (SSSR count). The lowest BCUT2D eigenvalue weighted by atomic mass is 10.1. The number of thioether (sulfide) groups is 1. The van der Waals surface area contributed by atoms with E-state index in [1.165, 1.54) is 0 Å². The van der Waals surface area contributed by atoms with Crippen molar-refractivity contribution in [1.29, 1.82) is 0 Å². The van der Waals surface area contributed by atoms with E-state index in [1.54, 1.807) is 32.2 Å². The number of hydrogen-bond acceptors (Lipinski definition) is 5. The summed E-state index contributed by atoms with van der Waals surface area (Å²) in [4.78, 5) is 18.9. The molecule has 0 aliphatic carbocycles. The van der Waals surface area contributed by atoms with Crippen LogP contribution in [0.25, 0.3) is 10.9 Å². The Morgan fingerprint density at radius 3 is 2.63 bits per heavy atom. The number of fused-ring (bicyclic) bond motifs is 1. The molecule has 1 saturated heterocycles. The molecule has 27 heavy (non-hydrogen) atoms. The number of carbonyl (C=O) groups is 1. The average Bonchev–Trinajstić information content (AvgIpc) is 3.07. The molecule has 5 nitrogen and oxygen atoms in total. The first-order valence-corrected chi connectivity index (χ1v) is 9.72. The van der Waals surface area contributed by atoms with E-state index in [-0.39, 0.29) is 11.3 Å². The summed E-state index contributed by atoms with van der Waals surface area (Å²) in [5.74, 6) is 2.02. The predicted octanol–water partition coefficient (Wildman–Crippen LogP) is 4.03. The van der Waals surface area contributed by atoms with E-state index in [4.69, 9.17) is 9.47 Å². The first-order valence-electron chi connectivity index (χ1n) is 8.67. The summed E-state index contributed by atoms with van der Waals surface area (Å²) in [7, 11) is 3.28. The molecule has 3 aromatic rings. The maximum absolute atomic E-state index is 12.6. The molecule has 1 fully saturated rings. The zero-order chi connectivity index (χ0) is 18.8. The minimum absolute atomic E-state index is 0.115. The maximum Gasteiger partial charge on any atom is 0.234 e. The highest BCUT2D eigenvalue weighted by molar-refractivity contribution is 8.00. The fourth-order valence-electron chi connectivity index (χ4n) is 3.41. The number of hydrogen-bond donors (Lipinski definition) is 0. The van der Waals surface area contributed by atoms with Crippen molar-refractivity contribution in [1.82, 2.24) is 9.88 Å². The van der Waals surface area contributed by atoms with Crippen LogP contribution in [0.15, 0.2) is 54.7 Å². The van der Waals surface area contributed by atoms with Crippen molar-refractivity contribution in [3.05, 3.63) is 65.9 Å². The van der Waals surface area contributed by atoms with Crippen LogP contribution in [0.3, 0.4) is 0 Å². The molecule has 1 aliphatic heterocycles. The Morgan fingerprint density at radius 1 is 1.11 bits per heavy atom. The van der Waals surface area contributed by atoms with E-state index in [1.807, 2.05) is 47.4 Å². The molecule has 2 aromatic carbocycles. The monoisotopic (exact) mass is 380 g/mol. The summed E-state index contributed by atoms with van der Waals surface area (Å²) in [5.41, 5.74) is 2.93. The molecule has 2 heterocycles. The smallest absolute Gasteiger partial charge is 0.234 e. The number of aromatic nitrogens is 1. The lowest BCUT2D eigenvalue weighted by Gasteiger charge is -2.27. The van der Waals surface area contributed by atoms with E-state index < -0.39 is 0 Å². The van der Waals surface area contributed by atoms with Crippen LogP contribution in [-0.2, 0) is 11.3 Å². The van der Waals surface area contributed by atoms with Gasteiger partial charge in [0.15, 0.2) is 0 Å². The van der Waals surface area contributed by atoms with Gasteiger partial charge in [-0.05, 0) is 35.9 Å². The summed E-state index contributed by atoms with van der Waals surface area (Å²) >= 11 is 1.60. The van der Waals surface area contributed by atoms with Gasteiger partial charge in [0.2, 0.25) is 5.91 Å². The molecular weight excluding hydrogens is 360 g/mol. The molecule has 1 unspecified atom stereocenters. The zero-order valence-corrected chi connectivity index (χ0v) is 16.0. The van der Waals surface area contributed by atoms with Crippen molar-refractivity contribution in [3.8, 4) is 11.5 Å². The van der Waals surface area contributed by atoms with Crippen LogP contribution >= 0.6 is 11.8 Å². The number of benzene rings is 2. The van der Waals surface area contributed by atoms with Crippen molar-refractivity contribution in [3.63, 3.8) is 0 Å². The van der Waals surface area contributed by atoms with Gasteiger partial charge in [-0.3, -0.25) is 9.78 Å². The molecule has 0 saturated carbocycles. The van der Waals surface area contributed by atoms with E-state index >= 15 is 0 Å². The van der Waals surface area contributed by atoms with E-state index in [0.717, 1.165) is 33.5 Å². The van der Waals surface area contributed by atoms with Crippen LogP contribution < -0.4 is 9.47 Å². The van der Waals surface area contributed by atoms with E-state index in [9.17, 15) is 4.79 Å². The van der Waals surface area contributed by atoms with Gasteiger partial charge in [0.1, 0.15) is 16.9 Å². The van der Waals surface area contributed by atoms with Crippen molar-refractivity contribution in [2.24, 2.45) is 0 Å². The van der Waals surface area contributed by atoms with Gasteiger partial charge in [-0.15, -0.1) is 11.8 Å². The lowest BCUT2D eigenvalue weighted by Crippen LogP contribution is -2.28. The fraction of sp³-hybridized carbons (Fsp3) is 0.238. The predicted molar refractivity (Wildman–Crippen MR) is 107 cm³/mol. The Kier molecular flexibility index (Phi) is 4.90. The minimum atomic E-state index is -0.145. The Balaban J connectivity index is 1.69. The Morgan fingerprint density at radius 2 is 1.89 bits per heavy atom. The molecule has 6 heteroatoms. The number of amides is 1. The average molecular weight is 380 g/mol. The van der Waals surface area contributed by atoms with Gasteiger partial charge >= 0.3 is 0 Å². The molecule has 1 amide bonds. The molecule has 1 atom stereocenters. The Labute approximate surface area is 162 Å². The highest BCUT2D eigenvalue weighted by Crippen LogP contribution is 2.47. The van der Waals surface area contributed by atoms with Gasteiger partial charge in [0.25, 0.3) is 0 Å². The summed E-state index contributed by atoms with van der Waals surface area (Å²) < 4.78 is 11.1. The van der Waals surface area contributed by atoms with Gasteiger partial charge in [-0.25, -0.2) is 0 Å². The second kappa shape index (κ2) is 7.48. The third-order valence-electron chi connectivity index (χ3n) is 4.70. The van der Waals surface area contributed by atoms with Gasteiger partial charge in [-0.2, -0.15) is 0 Å². The molecule has 0 radical (unpaired) electrons. The highest BCUT2D eigenvalue weighted by atomic mass is 32.2. The van der Waals surface area contributed by atoms with Crippen molar-refractivity contribution >= 4 is 28.6 Å². The van der Waals surface area contributed by atoms with Crippen LogP contribution in [0, 0.1) is 0 Å². The first-order chi connectivity index (χ1) is 13.2. The Bertz CT molecular complexity index is 970. The van der Waals surface area contributed by atoms with Gasteiger partial charge in [0.05, 0.1) is 31.1 Å². The van der Waals surface area contributed by atoms with Crippen molar-refractivity contribution < 1.29 is 14.3 Å². The van der Waals surface area contributed by atoms with Crippen LogP contribution in [-0.4, -0.2) is 35.8 Å². The van der Waals surface area contributed by atoms with E-state index in [0.29, 0.717) is 12.3 Å². The van der Waals surface area contributed by atoms with Crippen molar-refractivity contribution in [2.45, 2.75) is 11.9 Å². The number of pyridine rings is 1. The van der Waals surface area contributed by atoms with Gasteiger partial charge < -0.3 is 14.4 Å². The molecular formula is C21H20N2O3S. The van der Waals surface area contributed by atoms with Gasteiger partial charge in [-0.1, -0.05) is 18.2 Å². The first kappa shape index (κ1) is 17.7. The number of rotatable bonds is 5. The highest BCUT2D eigenvalue weighted by Gasteiger charge is 2.36. The molecule has 0 N–H and O–H groups in total. The molecule has 1 aliphatic rings. The topological polar surface area (TPSA) is 51.7 Å². The largest absolute Gasteiger partial charge is 0.496 e. The number of carbonyl (C=O) groups excluding carboxylic acids is 1. The summed E-state index contributed by atoms with van der Waals surface area (Å²) in [6, 6.07) is 15.8. The zero-order valence-electron chi connectivity index (χ0n) is 15.2. The standard InChI is InChI=1S/C21H20N2O3S/c1-25-17-6-3-7-18(26-2)20(17)21-23(19(24)13-27-21)12-14-8-9-16-15(11-14)5-4-10-22-16/h3-11,21H,12-13H2,1-2H3. The maximum atomic E-state index is 12.6. The second-order valence-corrected chi connectivity index (χ2v) is 7.36. The molecule has 1 aromatic heterocycles. The third-order valence-corrected chi connectivity index (χ3v) is 5.92. The van der Waals surface area contributed by atoms with Crippen LogP contribution in [0.5, 0.6) is 11.5 Å². The molecule has 138 valence electrons. The quantitative estimate of drug-likeness (QED) is 0.669. The number of methoxy groups -OCH3 is 2. The summed E-state index contributed by atoms with van der Waals surface area (Å²) in [5, 5.41) is 0.925. The number of nitrogens with zero attached hydrogens (tertiary/aromatic N) is 2. The summed E-state index contributed by atoms with van der Waals surface area (Å²) in [6.45, 7) is 0.530. The summed E-state index contributed by atoms with van der Waals surface area (Å²) in [6.07, 6.45) is 1.78. The second-order valence-electron chi connectivity index (χ2n) is 6.29. The van der Waals surface area contributed by atoms with E-state index in [2.05, 4.69) is 11.1 Å². The molecule has 0 bridgehead atoms. The fourth-order valence-corrected chi connectivity index (χ4v) is 4.64. The normalized spacial score (nSPS) is 16.7. The van der Waals surface area contributed by atoms with Crippen molar-refractivity contribution in [2.75, 3.05) is 20.0 Å². The van der Waals surface area contributed by atoms with Crippen LogP contribution in [0.4, 0.5) is 0 Å². The van der Waals surface area contributed by atoms with Gasteiger partial charge in [0, 0.05) is 18.1 Å². The number of ether oxygens (including phenoxy) is 2. The minimum Gasteiger partial charge on any atom is -0.496 e.